The van der Waals surface area contributed by atoms with Crippen molar-refractivity contribution in [1.29, 1.82) is 0 Å². The number of carbonyl (C=O) groups is 1. The molecule has 1 aliphatic heterocycles. The van der Waals surface area contributed by atoms with Gasteiger partial charge in [0.05, 0.1) is 18.3 Å². The summed E-state index contributed by atoms with van der Waals surface area (Å²) in [4.78, 5) is 15.7. The Morgan fingerprint density at radius 3 is 3.00 bits per heavy atom. The first-order chi connectivity index (χ1) is 7.27. The lowest BCUT2D eigenvalue weighted by atomic mass is 9.97. The number of amides is 1. The SMILES string of the molecule is CC1CNCC1C(=O)Nc1nccnn1. The highest BCUT2D eigenvalue weighted by Gasteiger charge is 2.29. The van der Waals surface area contributed by atoms with Crippen LogP contribution in [0.4, 0.5) is 5.95 Å². The molecule has 0 bridgehead atoms. The minimum Gasteiger partial charge on any atom is -0.316 e. The minimum atomic E-state index is -0.0412. The first-order valence-corrected chi connectivity index (χ1v) is 4.92. The Labute approximate surface area is 87.5 Å². The van der Waals surface area contributed by atoms with E-state index in [-0.39, 0.29) is 17.8 Å². The Hall–Kier alpha value is -1.56. The Morgan fingerprint density at radius 2 is 2.40 bits per heavy atom. The lowest BCUT2D eigenvalue weighted by Gasteiger charge is -2.12. The quantitative estimate of drug-likeness (QED) is 0.694. The van der Waals surface area contributed by atoms with Crippen molar-refractivity contribution in [2.24, 2.45) is 11.8 Å². The highest BCUT2D eigenvalue weighted by Crippen LogP contribution is 2.16. The molecule has 2 N–H and O–H groups in total. The predicted molar refractivity (Wildman–Crippen MR) is 54.0 cm³/mol. The monoisotopic (exact) mass is 207 g/mol. The van der Waals surface area contributed by atoms with E-state index in [1.807, 2.05) is 6.92 Å². The molecule has 6 nitrogen and oxygen atoms in total. The molecule has 2 heterocycles. The average molecular weight is 207 g/mol. The second-order valence-corrected chi connectivity index (χ2v) is 3.70. The summed E-state index contributed by atoms with van der Waals surface area (Å²) in [6.45, 7) is 3.65. The molecule has 2 unspecified atom stereocenters. The Kier molecular flexibility index (Phi) is 2.86. The summed E-state index contributed by atoms with van der Waals surface area (Å²) in [6.07, 6.45) is 2.97. The second kappa shape index (κ2) is 4.31. The molecule has 1 aromatic rings. The summed E-state index contributed by atoms with van der Waals surface area (Å²) in [7, 11) is 0. The van der Waals surface area contributed by atoms with Crippen molar-refractivity contribution in [2.45, 2.75) is 6.92 Å². The molecular formula is C9H13N5O. The van der Waals surface area contributed by atoms with E-state index >= 15 is 0 Å². The van der Waals surface area contributed by atoms with Crippen LogP contribution >= 0.6 is 0 Å². The van der Waals surface area contributed by atoms with Gasteiger partial charge in [0.25, 0.3) is 0 Å². The third-order valence-corrected chi connectivity index (χ3v) is 2.57. The van der Waals surface area contributed by atoms with Crippen LogP contribution in [-0.2, 0) is 4.79 Å². The summed E-state index contributed by atoms with van der Waals surface area (Å²) < 4.78 is 0. The molecular weight excluding hydrogens is 194 g/mol. The van der Waals surface area contributed by atoms with Gasteiger partial charge in [0.2, 0.25) is 11.9 Å². The van der Waals surface area contributed by atoms with Crippen molar-refractivity contribution in [3.05, 3.63) is 12.4 Å². The Balaban J connectivity index is 1.98. The van der Waals surface area contributed by atoms with Gasteiger partial charge in [-0.1, -0.05) is 6.92 Å². The Bertz CT molecular complexity index is 342. The van der Waals surface area contributed by atoms with Crippen molar-refractivity contribution >= 4 is 11.9 Å². The summed E-state index contributed by atoms with van der Waals surface area (Å²) in [5.41, 5.74) is 0. The van der Waals surface area contributed by atoms with Crippen molar-refractivity contribution in [1.82, 2.24) is 20.5 Å². The number of anilines is 1. The molecule has 2 atom stereocenters. The number of nitrogens with zero attached hydrogens (tertiary/aromatic N) is 3. The molecule has 6 heteroatoms. The highest BCUT2D eigenvalue weighted by molar-refractivity contribution is 5.91. The average Bonchev–Trinajstić information content (AvgIpc) is 2.66. The number of hydrogen-bond acceptors (Lipinski definition) is 5. The lowest BCUT2D eigenvalue weighted by molar-refractivity contribution is -0.120. The number of hydrogen-bond donors (Lipinski definition) is 2. The number of rotatable bonds is 2. The fourth-order valence-corrected chi connectivity index (χ4v) is 1.67. The van der Waals surface area contributed by atoms with Crippen LogP contribution in [0.5, 0.6) is 0 Å². The van der Waals surface area contributed by atoms with Gasteiger partial charge in [-0.25, -0.2) is 4.98 Å². The third-order valence-electron chi connectivity index (χ3n) is 2.57. The first kappa shape index (κ1) is 9.97. The molecule has 0 radical (unpaired) electrons. The van der Waals surface area contributed by atoms with Gasteiger partial charge in [-0.05, 0) is 12.5 Å². The van der Waals surface area contributed by atoms with Crippen LogP contribution in [-0.4, -0.2) is 34.2 Å². The number of carbonyl (C=O) groups excluding carboxylic acids is 1. The van der Waals surface area contributed by atoms with Gasteiger partial charge in [0.1, 0.15) is 0 Å². The third kappa shape index (κ3) is 2.27. The molecule has 0 aliphatic carbocycles. The smallest absolute Gasteiger partial charge is 0.249 e. The van der Waals surface area contributed by atoms with E-state index in [4.69, 9.17) is 0 Å². The zero-order chi connectivity index (χ0) is 10.7. The lowest BCUT2D eigenvalue weighted by Crippen LogP contribution is -2.28. The van der Waals surface area contributed by atoms with Crippen LogP contribution in [0.25, 0.3) is 0 Å². The summed E-state index contributed by atoms with van der Waals surface area (Å²) in [6, 6.07) is 0. The van der Waals surface area contributed by atoms with Crippen LogP contribution in [0, 0.1) is 11.8 Å². The first-order valence-electron chi connectivity index (χ1n) is 4.92. The van der Waals surface area contributed by atoms with E-state index < -0.39 is 0 Å². The topological polar surface area (TPSA) is 79.8 Å². The second-order valence-electron chi connectivity index (χ2n) is 3.70. The van der Waals surface area contributed by atoms with Crippen molar-refractivity contribution < 1.29 is 4.79 Å². The maximum atomic E-state index is 11.8. The summed E-state index contributed by atoms with van der Waals surface area (Å²) in [5.74, 6) is 0.567. The maximum Gasteiger partial charge on any atom is 0.249 e. The summed E-state index contributed by atoms with van der Waals surface area (Å²) >= 11 is 0. The molecule has 1 aliphatic rings. The molecule has 1 fully saturated rings. The van der Waals surface area contributed by atoms with Crippen molar-refractivity contribution in [3.63, 3.8) is 0 Å². The fraction of sp³-hybridized carbons (Fsp3) is 0.556. The van der Waals surface area contributed by atoms with Gasteiger partial charge in [0, 0.05) is 6.54 Å². The molecule has 0 saturated carbocycles. The molecule has 80 valence electrons. The van der Waals surface area contributed by atoms with Crippen molar-refractivity contribution in [3.8, 4) is 0 Å². The normalized spacial score (nSPS) is 25.1. The number of aromatic nitrogens is 3. The van der Waals surface area contributed by atoms with Crippen LogP contribution in [0.2, 0.25) is 0 Å². The van der Waals surface area contributed by atoms with Gasteiger partial charge < -0.3 is 5.32 Å². The van der Waals surface area contributed by atoms with Gasteiger partial charge in [-0.15, -0.1) is 5.10 Å². The van der Waals surface area contributed by atoms with E-state index in [1.165, 1.54) is 12.4 Å². The van der Waals surface area contributed by atoms with E-state index in [2.05, 4.69) is 25.8 Å². The highest BCUT2D eigenvalue weighted by atomic mass is 16.2. The van der Waals surface area contributed by atoms with Crippen LogP contribution in [0.1, 0.15) is 6.92 Å². The zero-order valence-electron chi connectivity index (χ0n) is 8.47. The molecule has 15 heavy (non-hydrogen) atoms. The van der Waals surface area contributed by atoms with Gasteiger partial charge in [0.15, 0.2) is 0 Å². The van der Waals surface area contributed by atoms with E-state index in [1.54, 1.807) is 0 Å². The Morgan fingerprint density at radius 1 is 1.53 bits per heavy atom. The number of nitrogens with one attached hydrogen (secondary N) is 2. The van der Waals surface area contributed by atoms with E-state index in [0.717, 1.165) is 6.54 Å². The predicted octanol–water partition coefficient (Wildman–Crippen LogP) is -0.334. The van der Waals surface area contributed by atoms with Gasteiger partial charge in [-0.3, -0.25) is 10.1 Å². The summed E-state index contributed by atoms with van der Waals surface area (Å²) in [5, 5.41) is 13.2. The molecule has 1 aromatic heterocycles. The zero-order valence-corrected chi connectivity index (χ0v) is 8.47. The maximum absolute atomic E-state index is 11.8. The standard InChI is InChI=1S/C9H13N5O/c1-6-4-10-5-7(6)8(15)13-9-11-2-3-12-14-9/h2-3,6-7,10H,4-5H2,1H3,(H,11,13,14,15). The minimum absolute atomic E-state index is 0.00574. The van der Waals surface area contributed by atoms with Crippen LogP contribution < -0.4 is 10.6 Å². The molecule has 1 saturated heterocycles. The molecule has 2 rings (SSSR count). The van der Waals surface area contributed by atoms with E-state index in [0.29, 0.717) is 12.5 Å². The van der Waals surface area contributed by atoms with Gasteiger partial charge in [-0.2, -0.15) is 5.10 Å². The fourth-order valence-electron chi connectivity index (χ4n) is 1.67. The van der Waals surface area contributed by atoms with E-state index in [9.17, 15) is 4.79 Å². The van der Waals surface area contributed by atoms with Crippen molar-refractivity contribution in [2.75, 3.05) is 18.4 Å². The molecule has 0 spiro atoms. The van der Waals surface area contributed by atoms with Crippen LogP contribution in [0.3, 0.4) is 0 Å². The largest absolute Gasteiger partial charge is 0.316 e. The molecule has 1 amide bonds. The molecule has 0 aromatic carbocycles. The van der Waals surface area contributed by atoms with Crippen LogP contribution in [0.15, 0.2) is 12.4 Å². The van der Waals surface area contributed by atoms with Gasteiger partial charge >= 0.3 is 0 Å².